The SMILES string of the molecule is COc1ccccc1CNS(=O)(=O)c1ccc(NC(=O)c2ccc(Cl)cc2)c(C)c1. The van der Waals surface area contributed by atoms with Gasteiger partial charge in [0.2, 0.25) is 10.0 Å². The number of ether oxygens (including phenoxy) is 1. The molecule has 0 atom stereocenters. The van der Waals surface area contributed by atoms with Crippen molar-refractivity contribution in [3.63, 3.8) is 0 Å². The zero-order chi connectivity index (χ0) is 21.7. The van der Waals surface area contributed by atoms with E-state index in [0.717, 1.165) is 5.56 Å². The number of benzene rings is 3. The molecule has 0 aliphatic rings. The highest BCUT2D eigenvalue weighted by Crippen LogP contribution is 2.22. The number of rotatable bonds is 7. The first-order chi connectivity index (χ1) is 14.3. The number of nitrogens with one attached hydrogen (secondary N) is 2. The third-order valence-corrected chi connectivity index (χ3v) is 6.16. The first-order valence-electron chi connectivity index (χ1n) is 9.09. The fourth-order valence-electron chi connectivity index (χ4n) is 2.84. The normalized spacial score (nSPS) is 11.2. The molecule has 30 heavy (non-hydrogen) atoms. The van der Waals surface area contributed by atoms with Crippen molar-refractivity contribution in [3.8, 4) is 5.75 Å². The van der Waals surface area contributed by atoms with Crippen LogP contribution >= 0.6 is 11.6 Å². The van der Waals surface area contributed by atoms with Crippen LogP contribution in [0.2, 0.25) is 5.02 Å². The molecule has 8 heteroatoms. The number of aryl methyl sites for hydroxylation is 1. The molecule has 156 valence electrons. The van der Waals surface area contributed by atoms with Gasteiger partial charge in [-0.25, -0.2) is 13.1 Å². The molecule has 0 heterocycles. The molecule has 3 aromatic rings. The third kappa shape index (κ3) is 5.18. The minimum Gasteiger partial charge on any atom is -0.496 e. The van der Waals surface area contributed by atoms with Crippen LogP contribution in [0.5, 0.6) is 5.75 Å². The van der Waals surface area contributed by atoms with Crippen molar-refractivity contribution in [2.24, 2.45) is 0 Å². The fraction of sp³-hybridized carbons (Fsp3) is 0.136. The van der Waals surface area contributed by atoms with E-state index in [-0.39, 0.29) is 17.3 Å². The van der Waals surface area contributed by atoms with Crippen LogP contribution < -0.4 is 14.8 Å². The van der Waals surface area contributed by atoms with Crippen LogP contribution in [0.1, 0.15) is 21.5 Å². The maximum absolute atomic E-state index is 12.7. The predicted molar refractivity (Wildman–Crippen MR) is 118 cm³/mol. The molecule has 0 aromatic heterocycles. The minimum absolute atomic E-state index is 0.0977. The lowest BCUT2D eigenvalue weighted by Gasteiger charge is -2.13. The van der Waals surface area contributed by atoms with Crippen molar-refractivity contribution < 1.29 is 17.9 Å². The molecule has 0 radical (unpaired) electrons. The topological polar surface area (TPSA) is 84.5 Å². The average molecular weight is 445 g/mol. The molecule has 2 N–H and O–H groups in total. The smallest absolute Gasteiger partial charge is 0.255 e. The number of hydrogen-bond acceptors (Lipinski definition) is 4. The van der Waals surface area contributed by atoms with Gasteiger partial charge in [-0.05, 0) is 61.0 Å². The predicted octanol–water partition coefficient (Wildman–Crippen LogP) is 4.39. The molecule has 0 spiro atoms. The third-order valence-electron chi connectivity index (χ3n) is 4.51. The average Bonchev–Trinajstić information content (AvgIpc) is 2.74. The number of sulfonamides is 1. The van der Waals surface area contributed by atoms with Crippen LogP contribution in [0.15, 0.2) is 71.6 Å². The van der Waals surface area contributed by atoms with Gasteiger partial charge in [0, 0.05) is 28.4 Å². The maximum atomic E-state index is 12.7. The molecule has 0 fully saturated rings. The zero-order valence-corrected chi connectivity index (χ0v) is 18.0. The quantitative estimate of drug-likeness (QED) is 0.566. The molecular weight excluding hydrogens is 424 g/mol. The van der Waals surface area contributed by atoms with E-state index in [2.05, 4.69) is 10.0 Å². The van der Waals surface area contributed by atoms with Gasteiger partial charge in [0.25, 0.3) is 5.91 Å². The summed E-state index contributed by atoms with van der Waals surface area (Å²) in [6, 6.07) is 18.2. The molecule has 3 rings (SSSR count). The van der Waals surface area contributed by atoms with E-state index in [0.29, 0.717) is 27.6 Å². The minimum atomic E-state index is -3.74. The highest BCUT2D eigenvalue weighted by molar-refractivity contribution is 7.89. The van der Waals surface area contributed by atoms with Crippen molar-refractivity contribution >= 4 is 33.2 Å². The monoisotopic (exact) mass is 444 g/mol. The van der Waals surface area contributed by atoms with Crippen molar-refractivity contribution in [2.75, 3.05) is 12.4 Å². The number of para-hydroxylation sites is 1. The number of anilines is 1. The highest BCUT2D eigenvalue weighted by Gasteiger charge is 2.17. The largest absolute Gasteiger partial charge is 0.496 e. The van der Waals surface area contributed by atoms with Gasteiger partial charge in [-0.3, -0.25) is 4.79 Å². The van der Waals surface area contributed by atoms with Crippen LogP contribution in [-0.2, 0) is 16.6 Å². The Kier molecular flexibility index (Phi) is 6.77. The Morgan fingerprint density at radius 1 is 1.03 bits per heavy atom. The van der Waals surface area contributed by atoms with Gasteiger partial charge in [-0.1, -0.05) is 29.8 Å². The Labute approximate surface area is 180 Å². The van der Waals surface area contributed by atoms with E-state index in [1.54, 1.807) is 49.4 Å². The number of carbonyl (C=O) groups excluding carboxylic acids is 1. The summed E-state index contributed by atoms with van der Waals surface area (Å²) in [7, 11) is -2.21. The van der Waals surface area contributed by atoms with Crippen LogP contribution in [0.3, 0.4) is 0 Å². The van der Waals surface area contributed by atoms with Crippen molar-refractivity contribution in [2.45, 2.75) is 18.4 Å². The molecule has 0 aliphatic heterocycles. The van der Waals surface area contributed by atoms with Crippen molar-refractivity contribution in [1.29, 1.82) is 0 Å². The molecule has 0 saturated carbocycles. The van der Waals surface area contributed by atoms with Crippen LogP contribution in [0, 0.1) is 6.92 Å². The van der Waals surface area contributed by atoms with Gasteiger partial charge in [0.15, 0.2) is 0 Å². The van der Waals surface area contributed by atoms with Crippen LogP contribution in [-0.4, -0.2) is 21.4 Å². The molecule has 0 saturated heterocycles. The summed E-state index contributed by atoms with van der Waals surface area (Å²) < 4.78 is 33.2. The molecule has 0 bridgehead atoms. The second-order valence-electron chi connectivity index (χ2n) is 6.57. The second kappa shape index (κ2) is 9.30. The van der Waals surface area contributed by atoms with Gasteiger partial charge in [0.05, 0.1) is 12.0 Å². The number of methoxy groups -OCH3 is 1. The molecule has 0 aliphatic carbocycles. The summed E-state index contributed by atoms with van der Waals surface area (Å²) in [4.78, 5) is 12.5. The van der Waals surface area contributed by atoms with Gasteiger partial charge in [0.1, 0.15) is 5.75 Å². The maximum Gasteiger partial charge on any atom is 0.255 e. The van der Waals surface area contributed by atoms with Gasteiger partial charge >= 0.3 is 0 Å². The highest BCUT2D eigenvalue weighted by atomic mass is 35.5. The molecule has 1 amide bonds. The molecular formula is C22H21ClN2O4S. The Hall–Kier alpha value is -2.87. The van der Waals surface area contributed by atoms with E-state index >= 15 is 0 Å². The van der Waals surface area contributed by atoms with Gasteiger partial charge < -0.3 is 10.1 Å². The Balaban J connectivity index is 1.73. The first kappa shape index (κ1) is 21.8. The van der Waals surface area contributed by atoms with Crippen molar-refractivity contribution in [1.82, 2.24) is 4.72 Å². The zero-order valence-electron chi connectivity index (χ0n) is 16.5. The Bertz CT molecular complexity index is 1160. The fourth-order valence-corrected chi connectivity index (χ4v) is 4.06. The van der Waals surface area contributed by atoms with Crippen molar-refractivity contribution in [3.05, 3.63) is 88.4 Å². The second-order valence-corrected chi connectivity index (χ2v) is 8.78. The lowest BCUT2D eigenvalue weighted by atomic mass is 10.1. The lowest BCUT2D eigenvalue weighted by Crippen LogP contribution is -2.23. The number of amides is 1. The summed E-state index contributed by atoms with van der Waals surface area (Å²) in [6.45, 7) is 1.83. The Morgan fingerprint density at radius 2 is 1.73 bits per heavy atom. The van der Waals surface area contributed by atoms with E-state index < -0.39 is 10.0 Å². The molecule has 0 unspecified atom stereocenters. The molecule has 6 nitrogen and oxygen atoms in total. The lowest BCUT2D eigenvalue weighted by molar-refractivity contribution is 0.102. The molecule has 3 aromatic carbocycles. The summed E-state index contributed by atoms with van der Waals surface area (Å²) in [6.07, 6.45) is 0. The van der Waals surface area contributed by atoms with Gasteiger partial charge in [-0.2, -0.15) is 0 Å². The first-order valence-corrected chi connectivity index (χ1v) is 11.0. The summed E-state index contributed by atoms with van der Waals surface area (Å²) in [5.74, 6) is 0.302. The number of carbonyl (C=O) groups is 1. The van der Waals surface area contributed by atoms with E-state index in [1.807, 2.05) is 12.1 Å². The van der Waals surface area contributed by atoms with E-state index in [1.165, 1.54) is 19.2 Å². The van der Waals surface area contributed by atoms with E-state index in [9.17, 15) is 13.2 Å². The number of halogens is 1. The summed E-state index contributed by atoms with van der Waals surface area (Å²) in [5, 5.41) is 3.32. The summed E-state index contributed by atoms with van der Waals surface area (Å²) in [5.41, 5.74) is 2.33. The van der Waals surface area contributed by atoms with Crippen LogP contribution in [0.4, 0.5) is 5.69 Å². The number of hydrogen-bond donors (Lipinski definition) is 2. The van der Waals surface area contributed by atoms with Crippen LogP contribution in [0.25, 0.3) is 0 Å². The Morgan fingerprint density at radius 3 is 2.40 bits per heavy atom. The van der Waals surface area contributed by atoms with E-state index in [4.69, 9.17) is 16.3 Å². The van der Waals surface area contributed by atoms with Gasteiger partial charge in [-0.15, -0.1) is 0 Å². The standard InChI is InChI=1S/C22H21ClN2O4S/c1-15-13-19(30(27,28)24-14-17-5-3-4-6-21(17)29-2)11-12-20(15)25-22(26)16-7-9-18(23)10-8-16/h3-13,24H,14H2,1-2H3,(H,25,26). The summed E-state index contributed by atoms with van der Waals surface area (Å²) >= 11 is 5.84.